The van der Waals surface area contributed by atoms with Gasteiger partial charge in [-0.1, -0.05) is 12.1 Å². The number of carbonyl (C=O) groups excluding carboxylic acids is 1. The van der Waals surface area contributed by atoms with E-state index in [-0.39, 0.29) is 5.78 Å². The number of hydrogen-bond donors (Lipinski definition) is 1. The molecule has 1 aliphatic rings. The van der Waals surface area contributed by atoms with Gasteiger partial charge in [0, 0.05) is 17.5 Å². The summed E-state index contributed by atoms with van der Waals surface area (Å²) in [5.41, 5.74) is 1.24. The summed E-state index contributed by atoms with van der Waals surface area (Å²) in [4.78, 5) is 11.5. The molecule has 1 unspecified atom stereocenters. The molecule has 1 N–H and O–H groups in total. The van der Waals surface area contributed by atoms with Crippen LogP contribution in [0.25, 0.3) is 0 Å². The number of ketones is 1. The first kappa shape index (κ1) is 9.21. The van der Waals surface area contributed by atoms with Crippen molar-refractivity contribution in [2.24, 2.45) is 0 Å². The van der Waals surface area contributed by atoms with Gasteiger partial charge in [-0.2, -0.15) is 0 Å². The van der Waals surface area contributed by atoms with E-state index in [0.717, 1.165) is 0 Å². The Balaban J connectivity index is 2.60. The Morgan fingerprint density at radius 2 is 2.29 bits per heavy atom. The van der Waals surface area contributed by atoms with Gasteiger partial charge in [-0.05, 0) is 12.5 Å². The summed E-state index contributed by atoms with van der Waals surface area (Å²) in [6, 6.07) is 5.27. The van der Waals surface area contributed by atoms with Crippen LogP contribution in [0.15, 0.2) is 18.2 Å². The van der Waals surface area contributed by atoms with Crippen molar-refractivity contribution in [3.63, 3.8) is 0 Å². The molecule has 3 nitrogen and oxygen atoms in total. The van der Waals surface area contributed by atoms with E-state index in [4.69, 9.17) is 4.74 Å². The van der Waals surface area contributed by atoms with Crippen LogP contribution in [-0.4, -0.2) is 18.0 Å². The fraction of sp³-hybridized carbons (Fsp3) is 0.364. The minimum Gasteiger partial charge on any atom is -0.496 e. The normalized spacial score (nSPS) is 20.4. The average molecular weight is 192 g/mol. The molecule has 1 aliphatic carbocycles. The number of rotatable bonds is 1. The molecule has 14 heavy (non-hydrogen) atoms. The molecule has 0 amide bonds. The lowest BCUT2D eigenvalue weighted by Crippen LogP contribution is -2.16. The van der Waals surface area contributed by atoms with Crippen LogP contribution in [0.3, 0.4) is 0 Å². The van der Waals surface area contributed by atoms with Gasteiger partial charge < -0.3 is 9.84 Å². The van der Waals surface area contributed by atoms with E-state index >= 15 is 0 Å². The molecule has 2 rings (SSSR count). The SMILES string of the molecule is COc1cccc2c1C(O)CCC2=O. The van der Waals surface area contributed by atoms with Crippen molar-refractivity contribution in [2.75, 3.05) is 7.11 Å². The van der Waals surface area contributed by atoms with Gasteiger partial charge in [0.25, 0.3) is 0 Å². The third kappa shape index (κ3) is 1.30. The van der Waals surface area contributed by atoms with E-state index in [1.54, 1.807) is 25.3 Å². The highest BCUT2D eigenvalue weighted by atomic mass is 16.5. The third-order valence-electron chi connectivity index (χ3n) is 2.56. The van der Waals surface area contributed by atoms with Gasteiger partial charge in [-0.15, -0.1) is 0 Å². The fourth-order valence-electron chi connectivity index (χ4n) is 1.86. The summed E-state index contributed by atoms with van der Waals surface area (Å²) in [5, 5.41) is 9.76. The molecule has 0 aromatic heterocycles. The van der Waals surface area contributed by atoms with E-state index in [1.807, 2.05) is 0 Å². The number of carbonyl (C=O) groups is 1. The zero-order chi connectivity index (χ0) is 10.1. The van der Waals surface area contributed by atoms with Gasteiger partial charge in [-0.3, -0.25) is 4.79 Å². The number of benzene rings is 1. The minimum absolute atomic E-state index is 0.0872. The van der Waals surface area contributed by atoms with Crippen LogP contribution in [0, 0.1) is 0 Å². The Bertz CT molecular complexity index is 371. The highest BCUT2D eigenvalue weighted by Crippen LogP contribution is 2.35. The van der Waals surface area contributed by atoms with Gasteiger partial charge in [0.1, 0.15) is 5.75 Å². The number of Topliss-reactive ketones (excluding diaryl/α,β-unsaturated/α-hetero) is 1. The standard InChI is InChI=1S/C11H12O3/c1-14-10-4-2-3-7-8(12)5-6-9(13)11(7)10/h2-4,9,13H,5-6H2,1H3. The molecule has 1 aromatic carbocycles. The van der Waals surface area contributed by atoms with Crippen molar-refractivity contribution in [2.45, 2.75) is 18.9 Å². The Kier molecular flexibility index (Phi) is 2.25. The van der Waals surface area contributed by atoms with Gasteiger partial charge in [0.05, 0.1) is 13.2 Å². The molecule has 0 fully saturated rings. The Morgan fingerprint density at radius 3 is 3.00 bits per heavy atom. The zero-order valence-corrected chi connectivity index (χ0v) is 7.99. The van der Waals surface area contributed by atoms with Gasteiger partial charge >= 0.3 is 0 Å². The molecular weight excluding hydrogens is 180 g/mol. The Labute approximate surface area is 82.3 Å². The maximum absolute atomic E-state index is 11.5. The molecule has 0 aliphatic heterocycles. The third-order valence-corrected chi connectivity index (χ3v) is 2.56. The molecule has 3 heteroatoms. The van der Waals surface area contributed by atoms with Crippen molar-refractivity contribution < 1.29 is 14.6 Å². The van der Waals surface area contributed by atoms with Crippen molar-refractivity contribution >= 4 is 5.78 Å². The number of ether oxygens (including phenoxy) is 1. The molecule has 0 saturated carbocycles. The number of methoxy groups -OCH3 is 1. The largest absolute Gasteiger partial charge is 0.496 e. The van der Waals surface area contributed by atoms with Crippen LogP contribution in [0.2, 0.25) is 0 Å². The minimum atomic E-state index is -0.571. The Morgan fingerprint density at radius 1 is 1.50 bits per heavy atom. The molecule has 0 heterocycles. The maximum Gasteiger partial charge on any atom is 0.163 e. The highest BCUT2D eigenvalue weighted by molar-refractivity contribution is 5.99. The van der Waals surface area contributed by atoms with E-state index in [1.165, 1.54) is 0 Å². The van der Waals surface area contributed by atoms with Crippen molar-refractivity contribution in [3.05, 3.63) is 29.3 Å². The van der Waals surface area contributed by atoms with Crippen LogP contribution in [0.1, 0.15) is 34.9 Å². The molecule has 1 aromatic rings. The van der Waals surface area contributed by atoms with Crippen molar-refractivity contribution in [3.8, 4) is 5.75 Å². The average Bonchev–Trinajstić information content (AvgIpc) is 2.23. The summed E-state index contributed by atoms with van der Waals surface area (Å²) in [7, 11) is 1.54. The number of fused-ring (bicyclic) bond motifs is 1. The van der Waals surface area contributed by atoms with Crippen LogP contribution in [-0.2, 0) is 0 Å². The molecular formula is C11H12O3. The topological polar surface area (TPSA) is 46.5 Å². The number of aliphatic hydroxyl groups excluding tert-OH is 1. The van der Waals surface area contributed by atoms with Crippen LogP contribution >= 0.6 is 0 Å². The number of hydrogen-bond acceptors (Lipinski definition) is 3. The molecule has 1 atom stereocenters. The first-order chi connectivity index (χ1) is 6.74. The van der Waals surface area contributed by atoms with Crippen LogP contribution in [0.4, 0.5) is 0 Å². The lowest BCUT2D eigenvalue weighted by molar-refractivity contribution is 0.0892. The van der Waals surface area contributed by atoms with Crippen molar-refractivity contribution in [1.82, 2.24) is 0 Å². The van der Waals surface area contributed by atoms with Crippen LogP contribution in [0.5, 0.6) is 5.75 Å². The first-order valence-electron chi connectivity index (χ1n) is 4.62. The van der Waals surface area contributed by atoms with E-state index < -0.39 is 6.10 Å². The second-order valence-electron chi connectivity index (χ2n) is 3.40. The van der Waals surface area contributed by atoms with Gasteiger partial charge in [0.15, 0.2) is 5.78 Å². The fourth-order valence-corrected chi connectivity index (χ4v) is 1.86. The summed E-state index contributed by atoms with van der Waals surface area (Å²) < 4.78 is 5.12. The van der Waals surface area contributed by atoms with Crippen LogP contribution < -0.4 is 4.74 Å². The second-order valence-corrected chi connectivity index (χ2v) is 3.40. The quantitative estimate of drug-likeness (QED) is 0.736. The molecule has 0 spiro atoms. The summed E-state index contributed by atoms with van der Waals surface area (Å²) in [6.45, 7) is 0. The predicted octanol–water partition coefficient (Wildman–Crippen LogP) is 1.71. The van der Waals surface area contributed by atoms with Gasteiger partial charge in [-0.25, -0.2) is 0 Å². The second kappa shape index (κ2) is 3.42. The smallest absolute Gasteiger partial charge is 0.163 e. The monoisotopic (exact) mass is 192 g/mol. The van der Waals surface area contributed by atoms with E-state index in [2.05, 4.69) is 0 Å². The maximum atomic E-state index is 11.5. The lowest BCUT2D eigenvalue weighted by Gasteiger charge is -2.22. The summed E-state index contributed by atoms with van der Waals surface area (Å²) >= 11 is 0. The van der Waals surface area contributed by atoms with Gasteiger partial charge in [0.2, 0.25) is 0 Å². The zero-order valence-electron chi connectivity index (χ0n) is 7.99. The molecule has 0 radical (unpaired) electrons. The summed E-state index contributed by atoms with van der Waals surface area (Å²) in [6.07, 6.45) is 0.340. The molecule has 0 bridgehead atoms. The first-order valence-corrected chi connectivity index (χ1v) is 4.62. The number of aliphatic hydroxyl groups is 1. The van der Waals surface area contributed by atoms with E-state index in [0.29, 0.717) is 29.7 Å². The summed E-state index contributed by atoms with van der Waals surface area (Å²) in [5.74, 6) is 0.687. The highest BCUT2D eigenvalue weighted by Gasteiger charge is 2.26. The predicted molar refractivity (Wildman–Crippen MR) is 51.5 cm³/mol. The Hall–Kier alpha value is -1.35. The molecule has 0 saturated heterocycles. The van der Waals surface area contributed by atoms with E-state index in [9.17, 15) is 9.90 Å². The molecule has 74 valence electrons. The van der Waals surface area contributed by atoms with Crippen molar-refractivity contribution in [1.29, 1.82) is 0 Å². The lowest BCUT2D eigenvalue weighted by atomic mass is 9.88.